The molecule has 19 heavy (non-hydrogen) atoms. The van der Waals surface area contributed by atoms with Gasteiger partial charge in [-0.3, -0.25) is 0 Å². The van der Waals surface area contributed by atoms with E-state index in [0.717, 1.165) is 11.8 Å². The van der Waals surface area contributed by atoms with Crippen LogP contribution in [0.1, 0.15) is 12.7 Å². The molecule has 1 heterocycles. The third kappa shape index (κ3) is 3.22. The first-order chi connectivity index (χ1) is 9.01. The first kappa shape index (κ1) is 14.2. The number of rotatable bonds is 4. The lowest BCUT2D eigenvalue weighted by Gasteiger charge is -2.07. The van der Waals surface area contributed by atoms with Crippen LogP contribution in [0.3, 0.4) is 0 Å². The molecule has 0 amide bonds. The van der Waals surface area contributed by atoms with Crippen molar-refractivity contribution < 1.29 is 13.2 Å². The molecule has 2 rings (SSSR count). The van der Waals surface area contributed by atoms with Crippen LogP contribution in [-0.4, -0.2) is 13.1 Å². The number of benzene rings is 1. The molecule has 1 atom stereocenters. The molecule has 1 unspecified atom stereocenters. The Hall–Kier alpha value is -1.20. The first-order valence-electron chi connectivity index (χ1n) is 5.92. The molecule has 0 spiro atoms. The molecule has 0 aliphatic rings. The van der Waals surface area contributed by atoms with E-state index in [1.165, 1.54) is 6.07 Å². The van der Waals surface area contributed by atoms with Crippen molar-refractivity contribution in [2.75, 3.05) is 7.05 Å². The summed E-state index contributed by atoms with van der Waals surface area (Å²) in [6.07, 6.45) is 0.709. The Morgan fingerprint density at radius 1 is 1.26 bits per heavy atom. The quantitative estimate of drug-likeness (QED) is 0.853. The molecule has 102 valence electrons. The Bertz CT molecular complexity index is 583. The average Bonchev–Trinajstić information content (AvgIpc) is 2.82. The van der Waals surface area contributed by atoms with Crippen LogP contribution in [0.2, 0.25) is 0 Å². The minimum Gasteiger partial charge on any atom is -0.461 e. The highest BCUT2D eigenvalue weighted by Gasteiger charge is 2.14. The van der Waals surface area contributed by atoms with Crippen LogP contribution in [0, 0.1) is 11.6 Å². The zero-order chi connectivity index (χ0) is 14.0. The van der Waals surface area contributed by atoms with Crippen LogP contribution in [0.4, 0.5) is 8.78 Å². The van der Waals surface area contributed by atoms with Crippen molar-refractivity contribution in [3.05, 3.63) is 46.1 Å². The van der Waals surface area contributed by atoms with E-state index in [9.17, 15) is 8.78 Å². The molecular weight excluding hydrogens is 316 g/mol. The monoisotopic (exact) mass is 329 g/mol. The van der Waals surface area contributed by atoms with Crippen molar-refractivity contribution in [2.24, 2.45) is 0 Å². The average molecular weight is 330 g/mol. The third-order valence-corrected chi connectivity index (χ3v) is 3.54. The zero-order valence-corrected chi connectivity index (χ0v) is 12.2. The Balaban J connectivity index is 2.30. The molecule has 0 bridgehead atoms. The van der Waals surface area contributed by atoms with Crippen molar-refractivity contribution in [1.29, 1.82) is 0 Å². The lowest BCUT2D eigenvalue weighted by atomic mass is 10.1. The molecule has 1 aromatic carbocycles. The van der Waals surface area contributed by atoms with E-state index in [-0.39, 0.29) is 16.1 Å². The van der Waals surface area contributed by atoms with Crippen LogP contribution in [0.5, 0.6) is 0 Å². The minimum absolute atomic E-state index is 0.213. The van der Waals surface area contributed by atoms with Gasteiger partial charge in [-0.05, 0) is 48.1 Å². The van der Waals surface area contributed by atoms with E-state index in [1.54, 1.807) is 12.1 Å². The van der Waals surface area contributed by atoms with Crippen LogP contribution in [0.15, 0.2) is 33.2 Å². The first-order valence-corrected chi connectivity index (χ1v) is 6.71. The van der Waals surface area contributed by atoms with E-state index in [4.69, 9.17) is 4.42 Å². The fourth-order valence-corrected chi connectivity index (χ4v) is 2.09. The standard InChI is InChI=1S/C14H14BrF2NO/c1-8(18-2)5-9-3-4-14(19-9)10-6-11(15)13(17)7-12(10)16/h3-4,6-8,18H,5H2,1-2H3. The van der Waals surface area contributed by atoms with Gasteiger partial charge in [0.05, 0.1) is 10.0 Å². The number of hydrogen-bond acceptors (Lipinski definition) is 2. The summed E-state index contributed by atoms with van der Waals surface area (Å²) in [4.78, 5) is 0. The molecule has 0 saturated heterocycles. The van der Waals surface area contributed by atoms with Gasteiger partial charge < -0.3 is 9.73 Å². The van der Waals surface area contributed by atoms with E-state index in [0.29, 0.717) is 12.2 Å². The molecule has 2 nitrogen and oxygen atoms in total. The van der Waals surface area contributed by atoms with Crippen molar-refractivity contribution in [1.82, 2.24) is 5.32 Å². The van der Waals surface area contributed by atoms with Gasteiger partial charge in [0.1, 0.15) is 23.2 Å². The molecular formula is C14H14BrF2NO. The lowest BCUT2D eigenvalue weighted by molar-refractivity contribution is 0.478. The summed E-state index contributed by atoms with van der Waals surface area (Å²) in [5.41, 5.74) is 0.247. The van der Waals surface area contributed by atoms with Gasteiger partial charge in [0, 0.05) is 18.5 Å². The summed E-state index contributed by atoms with van der Waals surface area (Å²) in [7, 11) is 1.87. The van der Waals surface area contributed by atoms with E-state index < -0.39 is 11.6 Å². The largest absolute Gasteiger partial charge is 0.461 e. The summed E-state index contributed by atoms with van der Waals surface area (Å²) in [6, 6.07) is 6.00. The van der Waals surface area contributed by atoms with Crippen molar-refractivity contribution in [3.63, 3.8) is 0 Å². The van der Waals surface area contributed by atoms with Crippen molar-refractivity contribution in [3.8, 4) is 11.3 Å². The molecule has 1 N–H and O–H groups in total. The predicted octanol–water partition coefficient (Wildman–Crippen LogP) is 4.14. The van der Waals surface area contributed by atoms with Gasteiger partial charge in [-0.1, -0.05) is 0 Å². The summed E-state index contributed by atoms with van der Waals surface area (Å²) in [5, 5.41) is 3.10. The summed E-state index contributed by atoms with van der Waals surface area (Å²) in [5.74, 6) is -0.103. The second kappa shape index (κ2) is 5.84. The summed E-state index contributed by atoms with van der Waals surface area (Å²) >= 11 is 3.04. The van der Waals surface area contributed by atoms with Crippen LogP contribution >= 0.6 is 15.9 Å². The fourth-order valence-electron chi connectivity index (χ4n) is 1.75. The highest BCUT2D eigenvalue weighted by Crippen LogP contribution is 2.29. The molecule has 0 aliphatic carbocycles. The number of hydrogen-bond donors (Lipinski definition) is 1. The lowest BCUT2D eigenvalue weighted by Crippen LogP contribution is -2.23. The maximum atomic E-state index is 13.7. The topological polar surface area (TPSA) is 25.2 Å². The Morgan fingerprint density at radius 2 is 2.00 bits per heavy atom. The minimum atomic E-state index is -0.636. The SMILES string of the molecule is CNC(C)Cc1ccc(-c2cc(Br)c(F)cc2F)o1. The Kier molecular flexibility index (Phi) is 4.37. The second-order valence-electron chi connectivity index (χ2n) is 4.41. The van der Waals surface area contributed by atoms with Crippen molar-refractivity contribution >= 4 is 15.9 Å². The second-order valence-corrected chi connectivity index (χ2v) is 5.26. The van der Waals surface area contributed by atoms with Crippen LogP contribution < -0.4 is 5.32 Å². The number of nitrogens with one attached hydrogen (secondary N) is 1. The third-order valence-electron chi connectivity index (χ3n) is 2.94. The summed E-state index contributed by atoms with van der Waals surface area (Å²) in [6.45, 7) is 2.03. The molecule has 1 aromatic heterocycles. The number of furan rings is 1. The highest BCUT2D eigenvalue weighted by atomic mass is 79.9. The van der Waals surface area contributed by atoms with Gasteiger partial charge in [-0.2, -0.15) is 0 Å². The van der Waals surface area contributed by atoms with Crippen LogP contribution in [-0.2, 0) is 6.42 Å². The highest BCUT2D eigenvalue weighted by molar-refractivity contribution is 9.10. The number of likely N-dealkylation sites (N-methyl/N-ethyl adjacent to an activating group) is 1. The molecule has 0 fully saturated rings. The molecule has 5 heteroatoms. The normalized spacial score (nSPS) is 12.7. The van der Waals surface area contributed by atoms with Gasteiger partial charge in [-0.15, -0.1) is 0 Å². The molecule has 0 saturated carbocycles. The van der Waals surface area contributed by atoms with E-state index in [2.05, 4.69) is 21.2 Å². The number of halogens is 3. The van der Waals surface area contributed by atoms with Gasteiger partial charge >= 0.3 is 0 Å². The fraction of sp³-hybridized carbons (Fsp3) is 0.286. The summed E-state index contributed by atoms with van der Waals surface area (Å²) < 4.78 is 32.7. The van der Waals surface area contributed by atoms with Crippen LogP contribution in [0.25, 0.3) is 11.3 Å². The maximum absolute atomic E-state index is 13.7. The molecule has 0 aliphatic heterocycles. The van der Waals surface area contributed by atoms with E-state index >= 15 is 0 Å². The van der Waals surface area contributed by atoms with E-state index in [1.807, 2.05) is 14.0 Å². The predicted molar refractivity (Wildman–Crippen MR) is 74.0 cm³/mol. The molecule has 0 radical (unpaired) electrons. The van der Waals surface area contributed by atoms with Gasteiger partial charge in [0.25, 0.3) is 0 Å². The molecule has 2 aromatic rings. The Labute approximate surface area is 118 Å². The zero-order valence-electron chi connectivity index (χ0n) is 10.6. The maximum Gasteiger partial charge on any atom is 0.140 e. The smallest absolute Gasteiger partial charge is 0.140 e. The Morgan fingerprint density at radius 3 is 2.68 bits per heavy atom. The van der Waals surface area contributed by atoms with Gasteiger partial charge in [0.2, 0.25) is 0 Å². The van der Waals surface area contributed by atoms with Crippen molar-refractivity contribution in [2.45, 2.75) is 19.4 Å². The van der Waals surface area contributed by atoms with Gasteiger partial charge in [-0.25, -0.2) is 8.78 Å². The van der Waals surface area contributed by atoms with Gasteiger partial charge in [0.15, 0.2) is 0 Å².